The molecule has 0 spiro atoms. The zero-order chi connectivity index (χ0) is 40.4. The summed E-state index contributed by atoms with van der Waals surface area (Å²) in [6.07, 6.45) is -4.55. The summed E-state index contributed by atoms with van der Waals surface area (Å²) in [5.41, 5.74) is 5.46. The van der Waals surface area contributed by atoms with E-state index in [0.717, 1.165) is 36.3 Å². The van der Waals surface area contributed by atoms with Gasteiger partial charge in [0.05, 0.1) is 41.4 Å². The summed E-state index contributed by atoms with van der Waals surface area (Å²) >= 11 is 0. The van der Waals surface area contributed by atoms with E-state index in [0.29, 0.717) is 10.8 Å². The molecule has 1 saturated heterocycles. The molecule has 0 bridgehead atoms. The third kappa shape index (κ3) is 8.33. The highest BCUT2D eigenvalue weighted by Crippen LogP contribution is 2.44. The number of nitrogens with one attached hydrogen (secondary N) is 1. The van der Waals surface area contributed by atoms with Crippen LogP contribution in [-0.4, -0.2) is 73.8 Å². The van der Waals surface area contributed by atoms with Crippen molar-refractivity contribution in [3.63, 3.8) is 0 Å². The highest BCUT2D eigenvalue weighted by Gasteiger charge is 2.50. The van der Waals surface area contributed by atoms with Gasteiger partial charge in [0, 0.05) is 29.4 Å². The normalized spacial score (nSPS) is 16.5. The Morgan fingerprint density at radius 1 is 1.04 bits per heavy atom. The molecule has 1 fully saturated rings. The van der Waals surface area contributed by atoms with Gasteiger partial charge in [-0.05, 0) is 98.8 Å². The number of hydrogen-bond donors (Lipinski definition) is 2. The predicted molar refractivity (Wildman–Crippen MR) is 190 cm³/mol. The molecule has 13 nitrogen and oxygen atoms in total. The van der Waals surface area contributed by atoms with Gasteiger partial charge in [0.15, 0.2) is 9.84 Å². The molecule has 3 aromatic carbocycles. The molecule has 5 rings (SSSR count). The van der Waals surface area contributed by atoms with Crippen LogP contribution in [0.1, 0.15) is 60.8 Å². The molecule has 1 aliphatic heterocycles. The zero-order valence-electron chi connectivity index (χ0n) is 29.8. The molecule has 1 aromatic heterocycles. The Kier molecular flexibility index (Phi) is 11.7. The minimum absolute atomic E-state index is 0.176. The van der Waals surface area contributed by atoms with E-state index in [1.807, 2.05) is 0 Å². The molecule has 2 heterocycles. The van der Waals surface area contributed by atoms with Crippen LogP contribution < -0.4 is 15.8 Å². The van der Waals surface area contributed by atoms with Gasteiger partial charge in [0.2, 0.25) is 5.91 Å². The molecule has 3 N–H and O–H groups in total. The summed E-state index contributed by atoms with van der Waals surface area (Å²) in [6.45, 7) is 4.13. The number of esters is 3. The van der Waals surface area contributed by atoms with E-state index in [1.54, 1.807) is 31.2 Å². The first-order valence-corrected chi connectivity index (χ1v) is 18.4. The Bertz CT molecular complexity index is 2270. The number of anilines is 2. The third-order valence-corrected chi connectivity index (χ3v) is 11.3. The quantitative estimate of drug-likeness (QED) is 0.108. The second-order valence-electron chi connectivity index (χ2n) is 12.7. The van der Waals surface area contributed by atoms with Crippen molar-refractivity contribution in [2.24, 2.45) is 5.92 Å². The number of carbonyl (C=O) groups excluding carboxylic acids is 4. The first-order chi connectivity index (χ1) is 25.9. The molecule has 292 valence electrons. The average molecular weight is 789 g/mol. The number of halogens is 4. The van der Waals surface area contributed by atoms with Crippen LogP contribution in [0.4, 0.5) is 29.1 Å². The smallest absolute Gasteiger partial charge is 0.491 e. The molecule has 2 unspecified atom stereocenters. The van der Waals surface area contributed by atoms with Gasteiger partial charge >= 0.3 is 24.1 Å². The van der Waals surface area contributed by atoms with E-state index < -0.39 is 86.8 Å². The van der Waals surface area contributed by atoms with E-state index in [4.69, 9.17) is 15.2 Å². The second-order valence-corrected chi connectivity index (χ2v) is 15.2. The number of hydrogen-bond acceptors (Lipinski definition) is 12. The largest absolute Gasteiger partial charge is 0.494 e. The second kappa shape index (κ2) is 15.9. The Morgan fingerprint density at radius 2 is 1.76 bits per heavy atom. The van der Waals surface area contributed by atoms with E-state index in [-0.39, 0.29) is 40.6 Å². The van der Waals surface area contributed by atoms with Gasteiger partial charge in [-0.3, -0.25) is 9.59 Å². The third-order valence-electron chi connectivity index (χ3n) is 9.03. The van der Waals surface area contributed by atoms with Crippen molar-refractivity contribution in [3.05, 3.63) is 89.4 Å². The van der Waals surface area contributed by atoms with Gasteiger partial charge in [-0.25, -0.2) is 27.4 Å². The molecule has 3 atom stereocenters. The molecular formula is C37H36F4N4O9S. The standard InChI is InChI=1S/C37H36F4N4O9S/c1-5-53-23-8-10-28(38)26(18-23)30(44-22-7-9-24-20(16-22)12-14-43-32(24)42)33(46)45-15-13-25(35(48)54-36(49)37(39,40)41)31(45)27-17-21(34(47)52-4)6-11-29(27)55(50,51)19(2)3/h6-12,14,16-19,25,30-31,44H,5,13,15H2,1-4H3,(H2,42,43)/t25?,30-,31?/m1/s1. The number of sulfone groups is 1. The van der Waals surface area contributed by atoms with E-state index in [2.05, 4.69) is 15.0 Å². The van der Waals surface area contributed by atoms with Crippen molar-refractivity contribution >= 4 is 55.9 Å². The fourth-order valence-corrected chi connectivity index (χ4v) is 7.60. The lowest BCUT2D eigenvalue weighted by Crippen LogP contribution is -2.41. The molecule has 0 aliphatic carbocycles. The fourth-order valence-electron chi connectivity index (χ4n) is 6.33. The number of carbonyl (C=O) groups is 4. The van der Waals surface area contributed by atoms with Gasteiger partial charge in [-0.1, -0.05) is 0 Å². The van der Waals surface area contributed by atoms with E-state index in [9.17, 15) is 40.8 Å². The number of nitrogens with zero attached hydrogens (tertiary/aromatic N) is 2. The maximum atomic E-state index is 15.8. The molecule has 55 heavy (non-hydrogen) atoms. The molecule has 4 aromatic rings. The lowest BCUT2D eigenvalue weighted by Gasteiger charge is -2.33. The number of amides is 1. The first kappa shape index (κ1) is 40.4. The fraction of sp³-hybridized carbons (Fsp3) is 0.324. The van der Waals surface area contributed by atoms with Gasteiger partial charge in [0.25, 0.3) is 0 Å². The number of fused-ring (bicyclic) bond motifs is 1. The number of likely N-dealkylation sites (tertiary alicyclic amines) is 1. The molecule has 1 amide bonds. The number of methoxy groups -OCH3 is 1. The number of benzene rings is 3. The SMILES string of the molecule is CCOc1ccc(F)c([C@@H](Nc2ccc3c(N)nccc3c2)C(=O)N2CCC(C(=O)OC(=O)C(F)(F)F)C2c2cc(C(=O)OC)ccc2S(=O)(=O)C(C)C)c1. The van der Waals surface area contributed by atoms with Crippen molar-refractivity contribution in [3.8, 4) is 5.75 Å². The monoisotopic (exact) mass is 788 g/mol. The molecular weight excluding hydrogens is 752 g/mol. The van der Waals surface area contributed by atoms with Crippen LogP contribution in [0.3, 0.4) is 0 Å². The van der Waals surface area contributed by atoms with Crippen LogP contribution >= 0.6 is 0 Å². The Hall–Kier alpha value is -5.78. The van der Waals surface area contributed by atoms with E-state index >= 15 is 4.39 Å². The topological polar surface area (TPSA) is 184 Å². The lowest BCUT2D eigenvalue weighted by atomic mass is 9.91. The summed E-state index contributed by atoms with van der Waals surface area (Å²) in [6, 6.07) is 9.88. The van der Waals surface area contributed by atoms with Gasteiger partial charge in [-0.2, -0.15) is 13.2 Å². The van der Waals surface area contributed by atoms with Crippen LogP contribution in [0.15, 0.2) is 71.8 Å². The molecule has 18 heteroatoms. The summed E-state index contributed by atoms with van der Waals surface area (Å²) in [5, 5.41) is 3.07. The highest BCUT2D eigenvalue weighted by molar-refractivity contribution is 7.92. The van der Waals surface area contributed by atoms with Crippen molar-refractivity contribution < 1.29 is 59.4 Å². The zero-order valence-corrected chi connectivity index (χ0v) is 30.7. The van der Waals surface area contributed by atoms with Gasteiger partial charge < -0.3 is 30.2 Å². The predicted octanol–water partition coefficient (Wildman–Crippen LogP) is 5.70. The molecule has 0 saturated carbocycles. The highest BCUT2D eigenvalue weighted by atomic mass is 32.2. The van der Waals surface area contributed by atoms with E-state index in [1.165, 1.54) is 32.2 Å². The number of ether oxygens (including phenoxy) is 3. The number of pyridine rings is 1. The Morgan fingerprint density at radius 3 is 2.42 bits per heavy atom. The number of alkyl halides is 3. The van der Waals surface area contributed by atoms with Crippen LogP contribution in [0.2, 0.25) is 0 Å². The van der Waals surface area contributed by atoms with Crippen LogP contribution in [-0.2, 0) is 33.7 Å². The lowest BCUT2D eigenvalue weighted by molar-refractivity contribution is -0.203. The minimum Gasteiger partial charge on any atom is -0.494 e. The average Bonchev–Trinajstić information content (AvgIpc) is 3.59. The Balaban J connectivity index is 1.72. The number of nitrogen functional groups attached to an aromatic ring is 1. The Labute approximate surface area is 312 Å². The van der Waals surface area contributed by atoms with Crippen molar-refractivity contribution in [1.29, 1.82) is 0 Å². The van der Waals surface area contributed by atoms with Crippen LogP contribution in [0.5, 0.6) is 5.75 Å². The van der Waals surface area contributed by atoms with Crippen LogP contribution in [0, 0.1) is 11.7 Å². The molecule has 1 aliphatic rings. The summed E-state index contributed by atoms with van der Waals surface area (Å²) in [7, 11) is -3.25. The van der Waals surface area contributed by atoms with Crippen molar-refractivity contribution in [2.45, 2.75) is 55.6 Å². The summed E-state index contributed by atoms with van der Waals surface area (Å²) in [5.74, 6) is -8.72. The summed E-state index contributed by atoms with van der Waals surface area (Å²) < 4.78 is 97.8. The maximum Gasteiger partial charge on any atom is 0.491 e. The number of rotatable bonds is 11. The van der Waals surface area contributed by atoms with Crippen LogP contribution in [0.25, 0.3) is 10.8 Å². The number of aromatic nitrogens is 1. The van der Waals surface area contributed by atoms with Gasteiger partial charge in [-0.15, -0.1) is 0 Å². The van der Waals surface area contributed by atoms with Crippen molar-refractivity contribution in [2.75, 3.05) is 31.3 Å². The maximum absolute atomic E-state index is 15.8. The minimum atomic E-state index is -5.57. The number of nitrogens with two attached hydrogens (primary N) is 1. The summed E-state index contributed by atoms with van der Waals surface area (Å²) in [4.78, 5) is 57.5. The van der Waals surface area contributed by atoms with Crippen molar-refractivity contribution in [1.82, 2.24) is 9.88 Å². The first-order valence-electron chi connectivity index (χ1n) is 16.8. The van der Waals surface area contributed by atoms with Gasteiger partial charge in [0.1, 0.15) is 23.4 Å². The molecule has 0 radical (unpaired) electrons.